The number of nitrogens with two attached hydrogens (primary N) is 1. The highest BCUT2D eigenvalue weighted by molar-refractivity contribution is 7.98. The van der Waals surface area contributed by atoms with Crippen LogP contribution in [0.4, 0.5) is 0 Å². The van der Waals surface area contributed by atoms with Crippen LogP contribution in [0.5, 0.6) is 0 Å². The summed E-state index contributed by atoms with van der Waals surface area (Å²) in [6.07, 6.45) is 1.70. The van der Waals surface area contributed by atoms with Crippen LogP contribution in [-0.2, 0) is 5.75 Å². The van der Waals surface area contributed by atoms with Crippen molar-refractivity contribution in [3.63, 3.8) is 0 Å². The topological polar surface area (TPSA) is 39.2 Å². The van der Waals surface area contributed by atoms with Crippen molar-refractivity contribution < 1.29 is 4.42 Å². The van der Waals surface area contributed by atoms with Crippen molar-refractivity contribution in [2.45, 2.75) is 11.0 Å². The lowest BCUT2D eigenvalue weighted by Gasteiger charge is -2.13. The molecule has 1 heterocycles. The molecule has 2 rings (SSSR count). The molecule has 0 fully saturated rings. The molecule has 0 aliphatic heterocycles. The Bertz CT molecular complexity index is 399. The first-order chi connectivity index (χ1) is 7.90. The van der Waals surface area contributed by atoms with Gasteiger partial charge in [0.2, 0.25) is 0 Å². The lowest BCUT2D eigenvalue weighted by Crippen LogP contribution is -2.09. The van der Waals surface area contributed by atoms with Gasteiger partial charge in [0.15, 0.2) is 0 Å². The normalized spacial score (nSPS) is 12.6. The summed E-state index contributed by atoms with van der Waals surface area (Å²) in [5, 5.41) is 0.339. The summed E-state index contributed by atoms with van der Waals surface area (Å²) in [5.74, 6) is 1.86. The molecule has 16 heavy (non-hydrogen) atoms. The average Bonchev–Trinajstić information content (AvgIpc) is 2.84. The Hall–Kier alpha value is -1.19. The van der Waals surface area contributed by atoms with Gasteiger partial charge < -0.3 is 10.2 Å². The summed E-state index contributed by atoms with van der Waals surface area (Å²) in [7, 11) is 0. The maximum Gasteiger partial charge on any atom is 0.113 e. The highest BCUT2D eigenvalue weighted by Gasteiger charge is 2.10. The van der Waals surface area contributed by atoms with E-state index in [1.165, 1.54) is 5.56 Å². The van der Waals surface area contributed by atoms with Gasteiger partial charge in [0, 0.05) is 11.8 Å². The van der Waals surface area contributed by atoms with Gasteiger partial charge in [-0.1, -0.05) is 30.3 Å². The highest BCUT2D eigenvalue weighted by Crippen LogP contribution is 2.30. The molecule has 1 aromatic heterocycles. The predicted molar refractivity (Wildman–Crippen MR) is 68.2 cm³/mol. The van der Waals surface area contributed by atoms with E-state index in [9.17, 15) is 0 Å². The van der Waals surface area contributed by atoms with Crippen LogP contribution in [0.15, 0.2) is 53.1 Å². The number of rotatable bonds is 5. The lowest BCUT2D eigenvalue weighted by atomic mass is 10.1. The van der Waals surface area contributed by atoms with Crippen molar-refractivity contribution in [1.82, 2.24) is 0 Å². The van der Waals surface area contributed by atoms with Gasteiger partial charge in [0.25, 0.3) is 0 Å². The van der Waals surface area contributed by atoms with Crippen LogP contribution >= 0.6 is 11.8 Å². The second-order valence-electron chi connectivity index (χ2n) is 3.53. The quantitative estimate of drug-likeness (QED) is 0.862. The standard InChI is InChI=1S/C13H15NOS/c14-9-13(11-5-2-1-3-6-11)16-10-12-7-4-8-15-12/h1-8,13H,9-10,14H2. The van der Waals surface area contributed by atoms with E-state index in [1.54, 1.807) is 6.26 Å². The van der Waals surface area contributed by atoms with E-state index < -0.39 is 0 Å². The molecular weight excluding hydrogens is 218 g/mol. The molecule has 0 amide bonds. The number of benzene rings is 1. The molecule has 0 aliphatic rings. The van der Waals surface area contributed by atoms with Gasteiger partial charge in [-0.2, -0.15) is 0 Å². The third-order valence-electron chi connectivity index (χ3n) is 2.39. The van der Waals surface area contributed by atoms with Crippen molar-refractivity contribution >= 4 is 11.8 Å². The van der Waals surface area contributed by atoms with E-state index in [-0.39, 0.29) is 0 Å². The Labute approximate surface area is 99.8 Å². The summed E-state index contributed by atoms with van der Waals surface area (Å²) in [5.41, 5.74) is 7.07. The van der Waals surface area contributed by atoms with Gasteiger partial charge in [-0.15, -0.1) is 11.8 Å². The van der Waals surface area contributed by atoms with Crippen LogP contribution in [0.25, 0.3) is 0 Å². The fourth-order valence-corrected chi connectivity index (χ4v) is 2.56. The number of hydrogen-bond acceptors (Lipinski definition) is 3. The highest BCUT2D eigenvalue weighted by atomic mass is 32.2. The van der Waals surface area contributed by atoms with Crippen molar-refractivity contribution in [2.24, 2.45) is 5.73 Å². The maximum absolute atomic E-state index is 5.79. The Kier molecular flexibility index (Phi) is 4.08. The molecule has 2 nitrogen and oxygen atoms in total. The minimum absolute atomic E-state index is 0.339. The zero-order valence-electron chi connectivity index (χ0n) is 9.00. The minimum Gasteiger partial charge on any atom is -0.468 e. The van der Waals surface area contributed by atoms with Crippen molar-refractivity contribution in [1.29, 1.82) is 0 Å². The molecule has 1 unspecified atom stereocenters. The first-order valence-corrected chi connectivity index (χ1v) is 6.34. The molecule has 84 valence electrons. The smallest absolute Gasteiger partial charge is 0.113 e. The van der Waals surface area contributed by atoms with Gasteiger partial charge in [-0.25, -0.2) is 0 Å². The molecule has 0 saturated carbocycles. The van der Waals surface area contributed by atoms with E-state index in [2.05, 4.69) is 12.1 Å². The molecule has 0 bridgehead atoms. The SMILES string of the molecule is NCC(SCc1ccco1)c1ccccc1. The van der Waals surface area contributed by atoms with Gasteiger partial charge in [0.05, 0.1) is 12.0 Å². The third kappa shape index (κ3) is 2.90. The first kappa shape index (κ1) is 11.3. The molecule has 0 saturated heterocycles. The molecule has 0 aliphatic carbocycles. The van der Waals surface area contributed by atoms with Gasteiger partial charge in [-0.3, -0.25) is 0 Å². The fourth-order valence-electron chi connectivity index (χ4n) is 1.55. The Morgan fingerprint density at radius 3 is 2.56 bits per heavy atom. The maximum atomic E-state index is 5.79. The van der Waals surface area contributed by atoms with Crippen LogP contribution in [0, 0.1) is 0 Å². The van der Waals surface area contributed by atoms with E-state index in [0.29, 0.717) is 11.8 Å². The summed E-state index contributed by atoms with van der Waals surface area (Å²) in [6, 6.07) is 14.3. The zero-order chi connectivity index (χ0) is 11.2. The molecule has 0 spiro atoms. The zero-order valence-corrected chi connectivity index (χ0v) is 9.82. The molecule has 1 atom stereocenters. The largest absolute Gasteiger partial charge is 0.468 e. The lowest BCUT2D eigenvalue weighted by molar-refractivity contribution is 0.530. The number of furan rings is 1. The van der Waals surface area contributed by atoms with Crippen molar-refractivity contribution in [3.8, 4) is 0 Å². The Morgan fingerprint density at radius 2 is 1.94 bits per heavy atom. The Morgan fingerprint density at radius 1 is 1.12 bits per heavy atom. The fraction of sp³-hybridized carbons (Fsp3) is 0.231. The van der Waals surface area contributed by atoms with Gasteiger partial charge in [0.1, 0.15) is 5.76 Å². The monoisotopic (exact) mass is 233 g/mol. The first-order valence-electron chi connectivity index (χ1n) is 5.29. The Balaban J connectivity index is 1.96. The third-order valence-corrected chi connectivity index (χ3v) is 3.71. The second-order valence-corrected chi connectivity index (χ2v) is 4.72. The van der Waals surface area contributed by atoms with Crippen LogP contribution < -0.4 is 5.73 Å². The second kappa shape index (κ2) is 5.77. The van der Waals surface area contributed by atoms with E-state index >= 15 is 0 Å². The summed E-state index contributed by atoms with van der Waals surface area (Å²) >= 11 is 1.81. The predicted octanol–water partition coefficient (Wildman–Crippen LogP) is 3.21. The van der Waals surface area contributed by atoms with E-state index in [4.69, 9.17) is 10.2 Å². The molecule has 1 aromatic carbocycles. The van der Waals surface area contributed by atoms with Gasteiger partial charge >= 0.3 is 0 Å². The van der Waals surface area contributed by atoms with Crippen LogP contribution in [0.3, 0.4) is 0 Å². The molecular formula is C13H15NOS. The van der Waals surface area contributed by atoms with Crippen molar-refractivity contribution in [2.75, 3.05) is 6.54 Å². The van der Waals surface area contributed by atoms with Crippen LogP contribution in [0.2, 0.25) is 0 Å². The van der Waals surface area contributed by atoms with Crippen LogP contribution in [0.1, 0.15) is 16.6 Å². The van der Waals surface area contributed by atoms with Crippen LogP contribution in [-0.4, -0.2) is 6.54 Å². The van der Waals surface area contributed by atoms with Gasteiger partial charge in [-0.05, 0) is 17.7 Å². The minimum atomic E-state index is 0.339. The van der Waals surface area contributed by atoms with E-state index in [0.717, 1.165) is 11.5 Å². The summed E-state index contributed by atoms with van der Waals surface area (Å²) in [4.78, 5) is 0. The molecule has 2 N–H and O–H groups in total. The number of hydrogen-bond donors (Lipinski definition) is 1. The summed E-state index contributed by atoms with van der Waals surface area (Å²) in [6.45, 7) is 0.648. The number of thioether (sulfide) groups is 1. The molecule has 2 aromatic rings. The summed E-state index contributed by atoms with van der Waals surface area (Å²) < 4.78 is 5.30. The van der Waals surface area contributed by atoms with Crippen molar-refractivity contribution in [3.05, 3.63) is 60.1 Å². The van der Waals surface area contributed by atoms with E-state index in [1.807, 2.05) is 42.1 Å². The molecule has 3 heteroatoms. The average molecular weight is 233 g/mol. The molecule has 0 radical (unpaired) electrons.